The van der Waals surface area contributed by atoms with Crippen LogP contribution in [0, 0.1) is 5.92 Å². The van der Waals surface area contributed by atoms with Gasteiger partial charge in [0.15, 0.2) is 0 Å². The number of aromatic nitrogens is 1. The molecule has 0 saturated carbocycles. The Kier molecular flexibility index (Phi) is 3.24. The Balaban J connectivity index is 1.47. The lowest BCUT2D eigenvalue weighted by Crippen LogP contribution is -2.42. The lowest BCUT2D eigenvalue weighted by atomic mass is 10.00. The van der Waals surface area contributed by atoms with Gasteiger partial charge in [-0.15, -0.1) is 11.3 Å². The zero-order valence-corrected chi connectivity index (χ0v) is 12.5. The van der Waals surface area contributed by atoms with Gasteiger partial charge in [0.1, 0.15) is 9.88 Å². The molecule has 1 aromatic heterocycles. The van der Waals surface area contributed by atoms with Crippen LogP contribution in [0.5, 0.6) is 0 Å². The molecule has 108 valence electrons. The van der Waals surface area contributed by atoms with Crippen LogP contribution in [0.25, 0.3) is 10.6 Å². The van der Waals surface area contributed by atoms with E-state index in [0.29, 0.717) is 16.8 Å². The van der Waals surface area contributed by atoms with Gasteiger partial charge in [-0.05, 0) is 18.9 Å². The highest BCUT2D eigenvalue weighted by atomic mass is 32.1. The third-order valence-corrected chi connectivity index (χ3v) is 5.44. The summed E-state index contributed by atoms with van der Waals surface area (Å²) in [6, 6.07) is 10.3. The number of rotatable bonds is 3. The molecule has 2 saturated heterocycles. The number of amides is 1. The van der Waals surface area contributed by atoms with E-state index in [1.165, 1.54) is 24.3 Å². The summed E-state index contributed by atoms with van der Waals surface area (Å²) in [6.07, 6.45) is 2.90. The van der Waals surface area contributed by atoms with Gasteiger partial charge < -0.3 is 10.2 Å². The average Bonchev–Trinajstić information content (AvgIpc) is 3.24. The van der Waals surface area contributed by atoms with Crippen molar-refractivity contribution in [2.75, 3.05) is 19.6 Å². The number of piperidine rings is 1. The Morgan fingerprint density at radius 3 is 2.86 bits per heavy atom. The molecular weight excluding hydrogens is 282 g/mol. The quantitative estimate of drug-likeness (QED) is 0.945. The SMILES string of the molecule is O=C(N[C@H]1CN2CC[C@H]1C2)c1cnc(-c2ccccc2)s1. The maximum Gasteiger partial charge on any atom is 0.263 e. The summed E-state index contributed by atoms with van der Waals surface area (Å²) in [6.45, 7) is 3.33. The van der Waals surface area contributed by atoms with Crippen molar-refractivity contribution in [3.63, 3.8) is 0 Å². The summed E-state index contributed by atoms with van der Waals surface area (Å²) in [5.74, 6) is 0.656. The van der Waals surface area contributed by atoms with Crippen molar-refractivity contribution < 1.29 is 4.79 Å². The number of fused-ring (bicyclic) bond motifs is 2. The first-order valence-corrected chi connectivity index (χ1v) is 8.16. The molecule has 21 heavy (non-hydrogen) atoms. The predicted octanol–water partition coefficient (Wildman–Crippen LogP) is 2.24. The molecule has 3 heterocycles. The lowest BCUT2D eigenvalue weighted by Gasteiger charge is -2.22. The molecule has 1 N–H and O–H groups in total. The number of carbonyl (C=O) groups is 1. The van der Waals surface area contributed by atoms with Gasteiger partial charge in [0, 0.05) is 24.7 Å². The Bertz CT molecular complexity index is 655. The maximum absolute atomic E-state index is 12.4. The summed E-state index contributed by atoms with van der Waals surface area (Å²) < 4.78 is 0. The molecule has 2 fully saturated rings. The number of nitrogens with zero attached hydrogens (tertiary/aromatic N) is 2. The first-order valence-electron chi connectivity index (χ1n) is 7.34. The molecule has 1 unspecified atom stereocenters. The summed E-state index contributed by atoms with van der Waals surface area (Å²) in [4.78, 5) is 19.9. The van der Waals surface area contributed by atoms with Gasteiger partial charge in [0.05, 0.1) is 6.20 Å². The smallest absolute Gasteiger partial charge is 0.263 e. The molecule has 2 bridgehead atoms. The topological polar surface area (TPSA) is 45.2 Å². The first kappa shape index (κ1) is 13.0. The Morgan fingerprint density at radius 2 is 2.14 bits per heavy atom. The number of hydrogen-bond acceptors (Lipinski definition) is 4. The largest absolute Gasteiger partial charge is 0.347 e. The highest BCUT2D eigenvalue weighted by molar-refractivity contribution is 7.16. The Labute approximate surface area is 127 Å². The van der Waals surface area contributed by atoms with Gasteiger partial charge in [-0.1, -0.05) is 30.3 Å². The summed E-state index contributed by atoms with van der Waals surface area (Å²) >= 11 is 1.46. The van der Waals surface area contributed by atoms with Crippen molar-refractivity contribution in [2.45, 2.75) is 12.5 Å². The summed E-state index contributed by atoms with van der Waals surface area (Å²) in [5.41, 5.74) is 1.06. The Hall–Kier alpha value is -1.72. The number of nitrogens with one attached hydrogen (secondary N) is 1. The van der Waals surface area contributed by atoms with Crippen LogP contribution in [-0.2, 0) is 0 Å². The van der Waals surface area contributed by atoms with Gasteiger partial charge in [-0.3, -0.25) is 4.79 Å². The molecule has 0 aliphatic carbocycles. The van der Waals surface area contributed by atoms with E-state index in [1.807, 2.05) is 30.3 Å². The van der Waals surface area contributed by atoms with Gasteiger partial charge in [-0.2, -0.15) is 0 Å². The normalized spacial score (nSPS) is 27.0. The third-order valence-electron chi connectivity index (χ3n) is 4.40. The fraction of sp³-hybridized carbons (Fsp3) is 0.375. The van der Waals surface area contributed by atoms with Crippen LogP contribution in [0.1, 0.15) is 16.1 Å². The molecule has 1 aromatic carbocycles. The highest BCUT2D eigenvalue weighted by Crippen LogP contribution is 2.29. The van der Waals surface area contributed by atoms with E-state index in [2.05, 4.69) is 15.2 Å². The van der Waals surface area contributed by atoms with E-state index < -0.39 is 0 Å². The minimum Gasteiger partial charge on any atom is -0.347 e. The van der Waals surface area contributed by atoms with Crippen molar-refractivity contribution in [2.24, 2.45) is 5.92 Å². The maximum atomic E-state index is 12.4. The molecule has 0 radical (unpaired) electrons. The minimum atomic E-state index is 0.0217. The van der Waals surface area contributed by atoms with Crippen molar-refractivity contribution in [3.05, 3.63) is 41.4 Å². The van der Waals surface area contributed by atoms with Crippen LogP contribution < -0.4 is 5.32 Å². The molecule has 5 heteroatoms. The number of benzene rings is 1. The second kappa shape index (κ2) is 5.24. The molecule has 0 spiro atoms. The van der Waals surface area contributed by atoms with Crippen LogP contribution >= 0.6 is 11.3 Å². The lowest BCUT2D eigenvalue weighted by molar-refractivity contribution is 0.0928. The molecule has 2 aliphatic rings. The molecule has 4 nitrogen and oxygen atoms in total. The van der Waals surface area contributed by atoms with Crippen LogP contribution in [0.4, 0.5) is 0 Å². The van der Waals surface area contributed by atoms with E-state index in [1.54, 1.807) is 6.20 Å². The van der Waals surface area contributed by atoms with E-state index in [0.717, 1.165) is 23.7 Å². The molecule has 1 amide bonds. The van der Waals surface area contributed by atoms with Gasteiger partial charge in [-0.25, -0.2) is 4.98 Å². The van der Waals surface area contributed by atoms with Crippen molar-refractivity contribution >= 4 is 17.2 Å². The molecular formula is C16H17N3OS. The van der Waals surface area contributed by atoms with Crippen LogP contribution in [0.3, 0.4) is 0 Å². The standard InChI is InChI=1S/C16H17N3OS/c20-15(18-13-10-19-7-6-12(13)9-19)14-8-17-16(21-14)11-4-2-1-3-5-11/h1-5,8,12-13H,6-7,9-10H2,(H,18,20)/t12-,13-/m0/s1. The van der Waals surface area contributed by atoms with Crippen molar-refractivity contribution in [1.29, 1.82) is 0 Å². The van der Waals surface area contributed by atoms with E-state index in [9.17, 15) is 4.79 Å². The van der Waals surface area contributed by atoms with Crippen LogP contribution in [-0.4, -0.2) is 41.5 Å². The van der Waals surface area contributed by atoms with Crippen molar-refractivity contribution in [1.82, 2.24) is 15.2 Å². The van der Waals surface area contributed by atoms with Gasteiger partial charge >= 0.3 is 0 Å². The fourth-order valence-electron chi connectivity index (χ4n) is 3.28. The second-order valence-corrected chi connectivity index (χ2v) is 6.81. The minimum absolute atomic E-state index is 0.0217. The van der Waals surface area contributed by atoms with Crippen LogP contribution in [0.2, 0.25) is 0 Å². The number of carbonyl (C=O) groups excluding carboxylic acids is 1. The molecule has 3 atom stereocenters. The number of thiazole rings is 1. The second-order valence-electron chi connectivity index (χ2n) is 5.78. The van der Waals surface area contributed by atoms with Crippen LogP contribution in [0.15, 0.2) is 36.5 Å². The predicted molar refractivity (Wildman–Crippen MR) is 83.4 cm³/mol. The van der Waals surface area contributed by atoms with E-state index in [-0.39, 0.29) is 5.91 Å². The highest BCUT2D eigenvalue weighted by Gasteiger charge is 2.38. The monoisotopic (exact) mass is 299 g/mol. The van der Waals surface area contributed by atoms with E-state index in [4.69, 9.17) is 0 Å². The summed E-state index contributed by atoms with van der Waals surface area (Å²) in [5, 5.41) is 4.08. The third kappa shape index (κ3) is 2.47. The average molecular weight is 299 g/mol. The molecule has 2 aromatic rings. The van der Waals surface area contributed by atoms with Gasteiger partial charge in [0.2, 0.25) is 0 Å². The summed E-state index contributed by atoms with van der Waals surface area (Å²) in [7, 11) is 0. The Morgan fingerprint density at radius 1 is 1.29 bits per heavy atom. The first-order chi connectivity index (χ1) is 10.3. The van der Waals surface area contributed by atoms with Crippen molar-refractivity contribution in [3.8, 4) is 10.6 Å². The molecule has 4 rings (SSSR count). The van der Waals surface area contributed by atoms with E-state index >= 15 is 0 Å². The molecule has 2 aliphatic heterocycles. The number of hydrogen-bond donors (Lipinski definition) is 1. The fourth-order valence-corrected chi connectivity index (χ4v) is 4.11. The zero-order chi connectivity index (χ0) is 14.2. The van der Waals surface area contributed by atoms with Gasteiger partial charge in [0.25, 0.3) is 5.91 Å². The zero-order valence-electron chi connectivity index (χ0n) is 11.7.